The van der Waals surface area contributed by atoms with Crippen molar-refractivity contribution in [3.63, 3.8) is 0 Å². The molecule has 8 heteroatoms. The van der Waals surface area contributed by atoms with E-state index in [1.54, 1.807) is 0 Å². The van der Waals surface area contributed by atoms with Crippen LogP contribution in [0.15, 0.2) is 0 Å². The average Bonchev–Trinajstić information content (AvgIpc) is 3.23. The van der Waals surface area contributed by atoms with Gasteiger partial charge >= 0.3 is 0 Å². The van der Waals surface area contributed by atoms with Crippen molar-refractivity contribution in [1.29, 1.82) is 0 Å². The number of aromatic nitrogens is 2. The summed E-state index contributed by atoms with van der Waals surface area (Å²) in [6.07, 6.45) is 4.57. The minimum atomic E-state index is -3.48. The summed E-state index contributed by atoms with van der Waals surface area (Å²) in [6.45, 7) is 1.34. The molecule has 122 valence electrons. The second-order valence-electron chi connectivity index (χ2n) is 6.19. The fraction of sp³-hybridized carbons (Fsp3) is 0.714. The predicted molar refractivity (Wildman–Crippen MR) is 81.8 cm³/mol. The van der Waals surface area contributed by atoms with Crippen LogP contribution in [0.1, 0.15) is 48.6 Å². The third-order valence-corrected chi connectivity index (χ3v) is 5.24. The van der Waals surface area contributed by atoms with Crippen molar-refractivity contribution in [2.24, 2.45) is 5.14 Å². The van der Waals surface area contributed by atoms with Gasteiger partial charge in [0.2, 0.25) is 15.9 Å². The molecule has 7 nitrogen and oxygen atoms in total. The molecule has 0 radical (unpaired) electrons. The quantitative estimate of drug-likeness (QED) is 0.810. The van der Waals surface area contributed by atoms with Crippen molar-refractivity contribution < 1.29 is 13.2 Å². The Hall–Kier alpha value is -1.41. The van der Waals surface area contributed by atoms with Crippen molar-refractivity contribution in [3.8, 4) is 0 Å². The second kappa shape index (κ2) is 6.00. The number of hydrogen-bond donors (Lipinski definition) is 2. The van der Waals surface area contributed by atoms with Crippen molar-refractivity contribution in [3.05, 3.63) is 17.0 Å². The zero-order valence-electron chi connectivity index (χ0n) is 12.5. The van der Waals surface area contributed by atoms with E-state index in [9.17, 15) is 13.2 Å². The number of aromatic amines is 1. The maximum atomic E-state index is 12.2. The zero-order valence-corrected chi connectivity index (χ0v) is 13.4. The Morgan fingerprint density at radius 3 is 2.73 bits per heavy atom. The average molecular weight is 326 g/mol. The summed E-state index contributed by atoms with van der Waals surface area (Å²) in [6, 6.07) is 0. The van der Waals surface area contributed by atoms with Crippen molar-refractivity contribution in [1.82, 2.24) is 15.1 Å². The van der Waals surface area contributed by atoms with Gasteiger partial charge in [0, 0.05) is 37.5 Å². The number of hydrogen-bond acceptors (Lipinski definition) is 4. The van der Waals surface area contributed by atoms with E-state index in [1.165, 1.54) is 24.1 Å². The maximum Gasteiger partial charge on any atom is 0.222 e. The lowest BCUT2D eigenvalue weighted by atomic mass is 10.1. The fourth-order valence-electron chi connectivity index (χ4n) is 3.03. The van der Waals surface area contributed by atoms with Crippen molar-refractivity contribution in [2.45, 2.75) is 44.4 Å². The first-order chi connectivity index (χ1) is 10.4. The van der Waals surface area contributed by atoms with Crippen LogP contribution in [0.4, 0.5) is 0 Å². The van der Waals surface area contributed by atoms with Crippen LogP contribution in [-0.4, -0.2) is 48.3 Å². The summed E-state index contributed by atoms with van der Waals surface area (Å²) in [7, 11) is -3.48. The topological polar surface area (TPSA) is 109 Å². The highest BCUT2D eigenvalue weighted by Crippen LogP contribution is 2.41. The highest BCUT2D eigenvalue weighted by Gasteiger charge is 2.31. The van der Waals surface area contributed by atoms with Gasteiger partial charge in [-0.25, -0.2) is 13.6 Å². The van der Waals surface area contributed by atoms with Crippen LogP contribution >= 0.6 is 0 Å². The van der Waals surface area contributed by atoms with Gasteiger partial charge in [0.1, 0.15) is 0 Å². The molecule has 0 atom stereocenters. The smallest absolute Gasteiger partial charge is 0.222 e. The maximum absolute atomic E-state index is 12.2. The molecule has 0 aromatic carbocycles. The van der Waals surface area contributed by atoms with Crippen LogP contribution in [-0.2, 0) is 27.7 Å². The summed E-state index contributed by atoms with van der Waals surface area (Å²) in [4.78, 5) is 14.0. The lowest BCUT2D eigenvalue weighted by Gasteiger charge is -2.20. The van der Waals surface area contributed by atoms with Crippen LogP contribution in [0.3, 0.4) is 0 Å². The second-order valence-corrected chi connectivity index (χ2v) is 7.93. The number of nitrogens with one attached hydrogen (secondary N) is 1. The molecule has 2 heterocycles. The largest absolute Gasteiger partial charge is 0.342 e. The summed E-state index contributed by atoms with van der Waals surface area (Å²) >= 11 is 0. The van der Waals surface area contributed by atoms with Crippen molar-refractivity contribution >= 4 is 15.9 Å². The molecule has 1 aliphatic heterocycles. The number of nitrogens with two attached hydrogens (primary N) is 1. The van der Waals surface area contributed by atoms with Gasteiger partial charge in [0.15, 0.2) is 0 Å². The van der Waals surface area contributed by atoms with Crippen molar-refractivity contribution in [2.75, 3.05) is 18.8 Å². The highest BCUT2D eigenvalue weighted by atomic mass is 32.2. The zero-order chi connectivity index (χ0) is 15.7. The number of fused-ring (bicyclic) bond motifs is 1. The lowest BCUT2D eigenvalue weighted by Crippen LogP contribution is -2.33. The normalized spacial score (nSPS) is 18.9. The summed E-state index contributed by atoms with van der Waals surface area (Å²) in [5.41, 5.74) is 3.64. The monoisotopic (exact) mass is 326 g/mol. The molecule has 1 aromatic rings. The Morgan fingerprint density at radius 1 is 1.32 bits per heavy atom. The molecule has 1 aromatic heterocycles. The third-order valence-electron chi connectivity index (χ3n) is 4.38. The highest BCUT2D eigenvalue weighted by molar-refractivity contribution is 7.89. The van der Waals surface area contributed by atoms with Gasteiger partial charge in [-0.05, 0) is 31.2 Å². The Balaban J connectivity index is 1.56. The molecule has 1 aliphatic carbocycles. The Kier molecular flexibility index (Phi) is 4.22. The van der Waals surface area contributed by atoms with E-state index >= 15 is 0 Å². The van der Waals surface area contributed by atoms with Gasteiger partial charge in [0.25, 0.3) is 0 Å². The molecule has 0 unspecified atom stereocenters. The fourth-order valence-corrected chi connectivity index (χ4v) is 3.58. The first-order valence-electron chi connectivity index (χ1n) is 7.78. The molecule has 3 N–H and O–H groups in total. The van der Waals surface area contributed by atoms with Crippen LogP contribution in [0.2, 0.25) is 0 Å². The number of amides is 1. The summed E-state index contributed by atoms with van der Waals surface area (Å²) in [5.74, 6) is 0.480. The van der Waals surface area contributed by atoms with E-state index in [2.05, 4.69) is 10.2 Å². The van der Waals surface area contributed by atoms with Gasteiger partial charge in [-0.1, -0.05) is 0 Å². The molecule has 0 spiro atoms. The van der Waals surface area contributed by atoms with E-state index in [1.807, 2.05) is 4.90 Å². The molecule has 3 rings (SSSR count). The summed E-state index contributed by atoms with van der Waals surface area (Å²) in [5, 5.41) is 12.5. The molecule has 0 saturated heterocycles. The minimum absolute atomic E-state index is 0.00901. The summed E-state index contributed by atoms with van der Waals surface area (Å²) < 4.78 is 21.8. The van der Waals surface area contributed by atoms with Crippen LogP contribution in [0, 0.1) is 0 Å². The Bertz CT molecular complexity index is 664. The number of sulfonamides is 1. The van der Waals surface area contributed by atoms with E-state index in [0.29, 0.717) is 19.0 Å². The van der Waals surface area contributed by atoms with E-state index in [0.717, 1.165) is 18.5 Å². The Labute approximate surface area is 130 Å². The molecule has 1 fully saturated rings. The predicted octanol–water partition coefficient (Wildman–Crippen LogP) is 0.283. The number of carbonyl (C=O) groups is 1. The number of nitrogens with zero attached hydrogens (tertiary/aromatic N) is 2. The van der Waals surface area contributed by atoms with E-state index in [4.69, 9.17) is 5.14 Å². The molecule has 2 aliphatic rings. The van der Waals surface area contributed by atoms with Crippen LogP contribution in [0.5, 0.6) is 0 Å². The van der Waals surface area contributed by atoms with Gasteiger partial charge in [0.05, 0.1) is 11.4 Å². The van der Waals surface area contributed by atoms with Crippen LogP contribution in [0.25, 0.3) is 0 Å². The van der Waals surface area contributed by atoms with Gasteiger partial charge in [-0.2, -0.15) is 5.10 Å². The molecule has 1 saturated carbocycles. The van der Waals surface area contributed by atoms with E-state index in [-0.39, 0.29) is 24.5 Å². The first kappa shape index (κ1) is 15.5. The van der Waals surface area contributed by atoms with E-state index < -0.39 is 10.0 Å². The standard InChI is InChI=1S/C14H22N4O3S/c15-22(20,21)9-1-2-13(19)18-7-5-11-12(6-8-18)16-17-14(11)10-3-4-10/h10H,1-9H2,(H,16,17)(H2,15,20,21). The number of H-pyrrole nitrogens is 1. The van der Waals surface area contributed by atoms with Gasteiger partial charge < -0.3 is 4.90 Å². The van der Waals surface area contributed by atoms with Gasteiger partial charge in [-0.3, -0.25) is 9.89 Å². The first-order valence-corrected chi connectivity index (χ1v) is 9.50. The van der Waals surface area contributed by atoms with Crippen LogP contribution < -0.4 is 5.14 Å². The number of rotatable bonds is 5. The molecule has 1 amide bonds. The lowest BCUT2D eigenvalue weighted by molar-refractivity contribution is -0.131. The minimum Gasteiger partial charge on any atom is -0.342 e. The molecule has 0 bridgehead atoms. The molecular formula is C14H22N4O3S. The molecule has 22 heavy (non-hydrogen) atoms. The number of carbonyl (C=O) groups excluding carboxylic acids is 1. The van der Waals surface area contributed by atoms with Gasteiger partial charge in [-0.15, -0.1) is 0 Å². The number of primary sulfonamides is 1. The Morgan fingerprint density at radius 2 is 2.05 bits per heavy atom. The SMILES string of the molecule is NS(=O)(=O)CCCC(=O)N1CCc2[nH]nc(C3CC3)c2CC1. The molecular weight excluding hydrogens is 304 g/mol. The third kappa shape index (κ3) is 3.67.